The molecule has 2 heterocycles. The summed E-state index contributed by atoms with van der Waals surface area (Å²) in [6.07, 6.45) is -0.465. The van der Waals surface area contributed by atoms with Crippen LogP contribution < -0.4 is 4.74 Å². The SMILES string of the molecule is C[C@@H](Oc1ccc(F)c(Cl)c1)c1nnc(-c2cccs2)o1. The van der Waals surface area contributed by atoms with Crippen molar-refractivity contribution < 1.29 is 13.5 Å². The van der Waals surface area contributed by atoms with Gasteiger partial charge in [-0.15, -0.1) is 21.5 Å². The standard InChI is InChI=1S/C14H10ClFN2O2S/c1-8(19-9-4-5-11(16)10(15)7-9)13-17-18-14(20-13)12-3-2-6-21-12/h2-8H,1H3/t8-/m1/s1. The van der Waals surface area contributed by atoms with Crippen LogP contribution in [0.15, 0.2) is 40.1 Å². The molecule has 0 amide bonds. The molecule has 7 heteroatoms. The number of nitrogens with zero attached hydrogens (tertiary/aromatic N) is 2. The Labute approximate surface area is 129 Å². The Morgan fingerprint density at radius 2 is 2.19 bits per heavy atom. The number of hydrogen-bond donors (Lipinski definition) is 0. The van der Waals surface area contributed by atoms with Gasteiger partial charge in [0.2, 0.25) is 0 Å². The van der Waals surface area contributed by atoms with E-state index in [1.165, 1.54) is 29.5 Å². The van der Waals surface area contributed by atoms with Crippen LogP contribution in [0.3, 0.4) is 0 Å². The fraction of sp³-hybridized carbons (Fsp3) is 0.143. The van der Waals surface area contributed by atoms with Gasteiger partial charge in [0, 0.05) is 6.07 Å². The molecule has 0 spiro atoms. The normalized spacial score (nSPS) is 12.3. The summed E-state index contributed by atoms with van der Waals surface area (Å²) in [6.45, 7) is 1.77. The van der Waals surface area contributed by atoms with E-state index in [0.717, 1.165) is 4.88 Å². The third kappa shape index (κ3) is 3.06. The zero-order valence-electron chi connectivity index (χ0n) is 10.9. The van der Waals surface area contributed by atoms with Crippen molar-refractivity contribution in [1.29, 1.82) is 0 Å². The second kappa shape index (κ2) is 5.83. The number of benzene rings is 1. The highest BCUT2D eigenvalue weighted by atomic mass is 35.5. The van der Waals surface area contributed by atoms with Crippen molar-refractivity contribution in [3.05, 3.63) is 52.4 Å². The van der Waals surface area contributed by atoms with E-state index in [-0.39, 0.29) is 5.02 Å². The highest BCUT2D eigenvalue weighted by molar-refractivity contribution is 7.13. The number of aromatic nitrogens is 2. The van der Waals surface area contributed by atoms with E-state index in [0.29, 0.717) is 17.5 Å². The van der Waals surface area contributed by atoms with Crippen LogP contribution in [-0.2, 0) is 0 Å². The van der Waals surface area contributed by atoms with E-state index in [4.69, 9.17) is 20.8 Å². The summed E-state index contributed by atoms with van der Waals surface area (Å²) >= 11 is 7.22. The maximum atomic E-state index is 13.1. The average Bonchev–Trinajstić information content (AvgIpc) is 3.12. The molecule has 3 rings (SSSR count). The van der Waals surface area contributed by atoms with Gasteiger partial charge >= 0.3 is 0 Å². The van der Waals surface area contributed by atoms with Crippen LogP contribution in [-0.4, -0.2) is 10.2 Å². The number of halogens is 2. The first kappa shape index (κ1) is 14.0. The molecule has 0 aliphatic heterocycles. The number of rotatable bonds is 4. The predicted molar refractivity (Wildman–Crippen MR) is 78.1 cm³/mol. The summed E-state index contributed by atoms with van der Waals surface area (Å²) in [5.74, 6) is 0.741. The molecule has 3 aromatic rings. The summed E-state index contributed by atoms with van der Waals surface area (Å²) in [7, 11) is 0. The van der Waals surface area contributed by atoms with E-state index in [1.54, 1.807) is 6.92 Å². The van der Waals surface area contributed by atoms with Crippen molar-refractivity contribution in [3.8, 4) is 16.5 Å². The minimum absolute atomic E-state index is 0.00417. The van der Waals surface area contributed by atoms with Gasteiger partial charge in [0.15, 0.2) is 6.10 Å². The molecule has 1 atom stereocenters. The van der Waals surface area contributed by atoms with Crippen LogP contribution in [0, 0.1) is 5.82 Å². The molecule has 0 N–H and O–H groups in total. The summed E-state index contributed by atoms with van der Waals surface area (Å²) < 4.78 is 24.3. The molecule has 0 aliphatic carbocycles. The lowest BCUT2D eigenvalue weighted by molar-refractivity contribution is 0.189. The fourth-order valence-electron chi connectivity index (χ4n) is 1.70. The quantitative estimate of drug-likeness (QED) is 0.696. The van der Waals surface area contributed by atoms with Gasteiger partial charge in [-0.1, -0.05) is 17.7 Å². The van der Waals surface area contributed by atoms with Gasteiger partial charge in [-0.25, -0.2) is 4.39 Å². The molecular formula is C14H10ClFN2O2S. The van der Waals surface area contributed by atoms with Crippen molar-refractivity contribution in [2.75, 3.05) is 0 Å². The van der Waals surface area contributed by atoms with Crippen LogP contribution in [0.4, 0.5) is 4.39 Å². The van der Waals surface area contributed by atoms with Crippen molar-refractivity contribution in [3.63, 3.8) is 0 Å². The van der Waals surface area contributed by atoms with Crippen LogP contribution in [0.1, 0.15) is 18.9 Å². The number of ether oxygens (including phenoxy) is 1. The van der Waals surface area contributed by atoms with Gasteiger partial charge < -0.3 is 9.15 Å². The fourth-order valence-corrected chi connectivity index (χ4v) is 2.52. The summed E-state index contributed by atoms with van der Waals surface area (Å²) in [5, 5.41) is 9.88. The van der Waals surface area contributed by atoms with Crippen LogP contribution >= 0.6 is 22.9 Å². The Kier molecular flexibility index (Phi) is 3.90. The molecule has 0 radical (unpaired) electrons. The molecule has 0 fully saturated rings. The van der Waals surface area contributed by atoms with Crippen molar-refractivity contribution >= 4 is 22.9 Å². The molecule has 2 aromatic heterocycles. The van der Waals surface area contributed by atoms with Crippen molar-refractivity contribution in [2.45, 2.75) is 13.0 Å². The van der Waals surface area contributed by atoms with Crippen LogP contribution in [0.5, 0.6) is 5.75 Å². The molecule has 4 nitrogen and oxygen atoms in total. The minimum Gasteiger partial charge on any atom is -0.481 e. The molecule has 1 aromatic carbocycles. The topological polar surface area (TPSA) is 48.2 Å². The minimum atomic E-state index is -0.491. The Morgan fingerprint density at radius 3 is 2.90 bits per heavy atom. The maximum absolute atomic E-state index is 13.1. The van der Waals surface area contributed by atoms with E-state index in [1.807, 2.05) is 17.5 Å². The Bertz CT molecular complexity index is 745. The third-order valence-corrected chi connectivity index (χ3v) is 3.87. The smallest absolute Gasteiger partial charge is 0.257 e. The van der Waals surface area contributed by atoms with E-state index < -0.39 is 11.9 Å². The van der Waals surface area contributed by atoms with Crippen molar-refractivity contribution in [1.82, 2.24) is 10.2 Å². The van der Waals surface area contributed by atoms with Gasteiger partial charge in [-0.2, -0.15) is 0 Å². The van der Waals surface area contributed by atoms with Gasteiger partial charge in [-0.3, -0.25) is 0 Å². The molecule has 0 saturated heterocycles. The Balaban J connectivity index is 1.76. The van der Waals surface area contributed by atoms with E-state index >= 15 is 0 Å². The highest BCUT2D eigenvalue weighted by Crippen LogP contribution is 2.28. The lowest BCUT2D eigenvalue weighted by atomic mass is 10.3. The average molecular weight is 325 g/mol. The van der Waals surface area contributed by atoms with E-state index in [9.17, 15) is 4.39 Å². The predicted octanol–water partition coefficient (Wildman–Crippen LogP) is 4.73. The molecule has 21 heavy (non-hydrogen) atoms. The molecule has 108 valence electrons. The molecule has 0 saturated carbocycles. The van der Waals surface area contributed by atoms with Gasteiger partial charge in [0.05, 0.1) is 9.90 Å². The van der Waals surface area contributed by atoms with Gasteiger partial charge in [0.1, 0.15) is 11.6 Å². The Hall–Kier alpha value is -1.92. The number of thiophene rings is 1. The second-order valence-electron chi connectivity index (χ2n) is 4.26. The molecule has 0 aliphatic rings. The summed E-state index contributed by atoms with van der Waals surface area (Å²) in [5.41, 5.74) is 0. The van der Waals surface area contributed by atoms with Crippen molar-refractivity contribution in [2.24, 2.45) is 0 Å². The van der Waals surface area contributed by atoms with Gasteiger partial charge in [-0.05, 0) is 30.5 Å². The maximum Gasteiger partial charge on any atom is 0.257 e. The lowest BCUT2D eigenvalue weighted by Crippen LogP contribution is -2.03. The second-order valence-corrected chi connectivity index (χ2v) is 5.61. The lowest BCUT2D eigenvalue weighted by Gasteiger charge is -2.11. The summed E-state index contributed by atoms with van der Waals surface area (Å²) in [4.78, 5) is 0.894. The summed E-state index contributed by atoms with van der Waals surface area (Å²) in [6, 6.07) is 7.95. The van der Waals surface area contributed by atoms with Crippen LogP contribution in [0.25, 0.3) is 10.8 Å². The van der Waals surface area contributed by atoms with Crippen LogP contribution in [0.2, 0.25) is 5.02 Å². The first-order chi connectivity index (χ1) is 10.1. The largest absolute Gasteiger partial charge is 0.481 e. The first-order valence-corrected chi connectivity index (χ1v) is 7.38. The van der Waals surface area contributed by atoms with E-state index in [2.05, 4.69) is 10.2 Å². The monoisotopic (exact) mass is 324 g/mol. The highest BCUT2D eigenvalue weighted by Gasteiger charge is 2.17. The van der Waals surface area contributed by atoms with Gasteiger partial charge in [0.25, 0.3) is 11.8 Å². The molecular weight excluding hydrogens is 315 g/mol. The number of hydrogen-bond acceptors (Lipinski definition) is 5. The third-order valence-electron chi connectivity index (χ3n) is 2.72. The molecule has 0 unspecified atom stereocenters. The first-order valence-electron chi connectivity index (χ1n) is 6.12. The zero-order chi connectivity index (χ0) is 14.8. The Morgan fingerprint density at radius 1 is 1.33 bits per heavy atom. The molecule has 0 bridgehead atoms. The zero-order valence-corrected chi connectivity index (χ0v) is 12.5.